The molecule has 4 rings (SSSR count). The first-order chi connectivity index (χ1) is 14.1. The summed E-state index contributed by atoms with van der Waals surface area (Å²) < 4.78 is 1.68. The Hall–Kier alpha value is -3.38. The van der Waals surface area contributed by atoms with Gasteiger partial charge in [-0.2, -0.15) is 0 Å². The molecule has 0 spiro atoms. The maximum atomic E-state index is 12.4. The number of fused-ring (bicyclic) bond motifs is 1. The molecule has 0 radical (unpaired) electrons. The Morgan fingerprint density at radius 3 is 2.48 bits per heavy atom. The zero-order chi connectivity index (χ0) is 20.2. The van der Waals surface area contributed by atoms with Crippen LogP contribution < -0.4 is 5.32 Å². The molecular formula is C23H19N3O2S. The lowest BCUT2D eigenvalue weighted by Crippen LogP contribution is -2.14. The van der Waals surface area contributed by atoms with Gasteiger partial charge in [0.05, 0.1) is 5.75 Å². The van der Waals surface area contributed by atoms with Crippen LogP contribution in [-0.4, -0.2) is 27.0 Å². The molecule has 0 aliphatic heterocycles. The van der Waals surface area contributed by atoms with Gasteiger partial charge in [-0.1, -0.05) is 30.3 Å². The number of carbonyl (C=O) groups is 2. The summed E-state index contributed by atoms with van der Waals surface area (Å²) in [6.45, 7) is 0. The number of ketones is 1. The summed E-state index contributed by atoms with van der Waals surface area (Å²) in [7, 11) is 1.78. The van der Waals surface area contributed by atoms with Crippen LogP contribution in [0.3, 0.4) is 0 Å². The van der Waals surface area contributed by atoms with Crippen LogP contribution in [0, 0.1) is 0 Å². The third-order valence-electron chi connectivity index (χ3n) is 4.55. The Kier molecular flexibility index (Phi) is 5.44. The lowest BCUT2D eigenvalue weighted by molar-refractivity contribution is -0.113. The number of aryl methyl sites for hydroxylation is 1. The van der Waals surface area contributed by atoms with Crippen molar-refractivity contribution >= 4 is 39.9 Å². The predicted octanol–water partition coefficient (Wildman–Crippen LogP) is 4.54. The van der Waals surface area contributed by atoms with Crippen LogP contribution in [0.1, 0.15) is 16.2 Å². The van der Waals surface area contributed by atoms with Gasteiger partial charge in [-0.15, -0.1) is 11.8 Å². The maximum Gasteiger partial charge on any atom is 0.234 e. The molecule has 0 fully saturated rings. The Morgan fingerprint density at radius 1 is 1.00 bits per heavy atom. The Morgan fingerprint density at radius 2 is 1.76 bits per heavy atom. The van der Waals surface area contributed by atoms with E-state index in [1.165, 1.54) is 17.1 Å². The number of hydrogen-bond acceptors (Lipinski definition) is 4. The van der Waals surface area contributed by atoms with Gasteiger partial charge < -0.3 is 9.88 Å². The number of rotatable bonds is 6. The van der Waals surface area contributed by atoms with E-state index < -0.39 is 0 Å². The molecule has 144 valence electrons. The largest absolute Gasteiger partial charge is 0.331 e. The first-order valence-corrected chi connectivity index (χ1v) is 10.1. The van der Waals surface area contributed by atoms with Crippen molar-refractivity contribution in [1.29, 1.82) is 0 Å². The van der Waals surface area contributed by atoms with E-state index in [0.29, 0.717) is 22.8 Å². The standard InChI is InChI=1S/C23H19N3O2S/c1-26-13-12-24-23(26)22(28)17-6-9-19(10-7-17)25-21(27)15-29-20-11-8-16-4-2-3-5-18(16)14-20/h2-14H,15H2,1H3,(H,25,27). The minimum absolute atomic E-state index is 0.0914. The number of nitrogens with one attached hydrogen (secondary N) is 1. The lowest BCUT2D eigenvalue weighted by Gasteiger charge is -2.07. The summed E-state index contributed by atoms with van der Waals surface area (Å²) in [5.41, 5.74) is 1.19. The summed E-state index contributed by atoms with van der Waals surface area (Å²) in [5, 5.41) is 5.21. The van der Waals surface area contributed by atoms with Crippen molar-refractivity contribution in [2.45, 2.75) is 4.90 Å². The summed E-state index contributed by atoms with van der Waals surface area (Å²) in [4.78, 5) is 29.9. The average molecular weight is 401 g/mol. The molecule has 0 aliphatic carbocycles. The molecule has 29 heavy (non-hydrogen) atoms. The third-order valence-corrected chi connectivity index (χ3v) is 5.54. The second kappa shape index (κ2) is 8.32. The molecule has 1 amide bonds. The second-order valence-electron chi connectivity index (χ2n) is 6.61. The molecule has 4 aromatic rings. The molecule has 0 unspecified atom stereocenters. The van der Waals surface area contributed by atoms with Crippen molar-refractivity contribution in [3.63, 3.8) is 0 Å². The molecule has 0 saturated heterocycles. The highest BCUT2D eigenvalue weighted by molar-refractivity contribution is 8.00. The molecule has 1 N–H and O–H groups in total. The monoisotopic (exact) mass is 401 g/mol. The van der Waals surface area contributed by atoms with Crippen LogP contribution in [0.2, 0.25) is 0 Å². The fraction of sp³-hybridized carbons (Fsp3) is 0.0870. The Balaban J connectivity index is 1.35. The van der Waals surface area contributed by atoms with Crippen LogP contribution >= 0.6 is 11.8 Å². The topological polar surface area (TPSA) is 64.0 Å². The fourth-order valence-electron chi connectivity index (χ4n) is 3.02. The number of anilines is 1. The minimum atomic E-state index is -0.151. The van der Waals surface area contributed by atoms with Gasteiger partial charge in [0.25, 0.3) is 0 Å². The van der Waals surface area contributed by atoms with Gasteiger partial charge in [0.1, 0.15) is 0 Å². The van der Waals surface area contributed by atoms with E-state index in [1.54, 1.807) is 48.3 Å². The van der Waals surface area contributed by atoms with Gasteiger partial charge >= 0.3 is 0 Å². The summed E-state index contributed by atoms with van der Waals surface area (Å²) >= 11 is 1.49. The van der Waals surface area contributed by atoms with E-state index in [9.17, 15) is 9.59 Å². The van der Waals surface area contributed by atoms with E-state index in [0.717, 1.165) is 10.3 Å². The number of carbonyl (C=O) groups excluding carboxylic acids is 2. The fourth-order valence-corrected chi connectivity index (χ4v) is 3.77. The van der Waals surface area contributed by atoms with Crippen LogP contribution in [-0.2, 0) is 11.8 Å². The van der Waals surface area contributed by atoms with Gasteiger partial charge in [-0.3, -0.25) is 9.59 Å². The first kappa shape index (κ1) is 19.0. The van der Waals surface area contributed by atoms with Crippen LogP contribution in [0.15, 0.2) is 84.0 Å². The van der Waals surface area contributed by atoms with Crippen LogP contribution in [0.25, 0.3) is 10.8 Å². The highest BCUT2D eigenvalue weighted by Crippen LogP contribution is 2.24. The molecule has 5 nitrogen and oxygen atoms in total. The van der Waals surface area contributed by atoms with Crippen LogP contribution in [0.5, 0.6) is 0 Å². The zero-order valence-electron chi connectivity index (χ0n) is 15.8. The van der Waals surface area contributed by atoms with Crippen molar-refractivity contribution in [3.05, 3.63) is 90.5 Å². The molecule has 0 aliphatic rings. The first-order valence-electron chi connectivity index (χ1n) is 9.14. The van der Waals surface area contributed by atoms with Gasteiger partial charge in [0.2, 0.25) is 11.7 Å². The maximum absolute atomic E-state index is 12.4. The Bertz CT molecular complexity index is 1180. The SMILES string of the molecule is Cn1ccnc1C(=O)c1ccc(NC(=O)CSc2ccc3ccccc3c2)cc1. The number of hydrogen-bond donors (Lipinski definition) is 1. The van der Waals surface area contributed by atoms with Gasteiger partial charge in [0, 0.05) is 35.6 Å². The van der Waals surface area contributed by atoms with Gasteiger partial charge in [-0.05, 0) is 47.2 Å². The van der Waals surface area contributed by atoms with Gasteiger partial charge in [0.15, 0.2) is 5.82 Å². The molecule has 0 saturated carbocycles. The van der Waals surface area contributed by atoms with E-state index in [2.05, 4.69) is 34.6 Å². The lowest BCUT2D eigenvalue weighted by atomic mass is 10.1. The molecule has 6 heteroatoms. The normalized spacial score (nSPS) is 10.8. The Labute approximate surface area is 172 Å². The van der Waals surface area contributed by atoms with Crippen molar-refractivity contribution < 1.29 is 9.59 Å². The zero-order valence-corrected chi connectivity index (χ0v) is 16.6. The minimum Gasteiger partial charge on any atom is -0.331 e. The van der Waals surface area contributed by atoms with Gasteiger partial charge in [-0.25, -0.2) is 4.98 Å². The van der Waals surface area contributed by atoms with Crippen molar-refractivity contribution in [1.82, 2.24) is 9.55 Å². The molecule has 1 aromatic heterocycles. The predicted molar refractivity (Wildman–Crippen MR) is 116 cm³/mol. The van der Waals surface area contributed by atoms with E-state index >= 15 is 0 Å². The molecule has 0 atom stereocenters. The summed E-state index contributed by atoms with van der Waals surface area (Å²) in [6, 6.07) is 21.2. The number of imidazole rings is 1. The number of aromatic nitrogens is 2. The molecule has 1 heterocycles. The average Bonchev–Trinajstić information content (AvgIpc) is 3.18. The molecule has 3 aromatic carbocycles. The second-order valence-corrected chi connectivity index (χ2v) is 7.66. The molecule has 0 bridgehead atoms. The number of nitrogens with zero attached hydrogens (tertiary/aromatic N) is 2. The smallest absolute Gasteiger partial charge is 0.234 e. The summed E-state index contributed by atoms with van der Waals surface area (Å²) in [5.74, 6) is 0.453. The summed E-state index contributed by atoms with van der Waals surface area (Å²) in [6.07, 6.45) is 3.32. The van der Waals surface area contributed by atoms with E-state index in [1.807, 2.05) is 18.2 Å². The van der Waals surface area contributed by atoms with E-state index in [-0.39, 0.29) is 11.7 Å². The van der Waals surface area contributed by atoms with Crippen molar-refractivity contribution in [2.75, 3.05) is 11.1 Å². The van der Waals surface area contributed by atoms with E-state index in [4.69, 9.17) is 0 Å². The third kappa shape index (κ3) is 4.38. The number of benzene rings is 3. The quantitative estimate of drug-likeness (QED) is 0.381. The highest BCUT2D eigenvalue weighted by atomic mass is 32.2. The highest BCUT2D eigenvalue weighted by Gasteiger charge is 2.13. The van der Waals surface area contributed by atoms with Crippen LogP contribution in [0.4, 0.5) is 5.69 Å². The van der Waals surface area contributed by atoms with Crippen molar-refractivity contribution in [2.24, 2.45) is 7.05 Å². The van der Waals surface area contributed by atoms with Crippen molar-refractivity contribution in [3.8, 4) is 0 Å². The number of amides is 1. The number of thioether (sulfide) groups is 1. The molecular weight excluding hydrogens is 382 g/mol.